The second kappa shape index (κ2) is 10.1. The topological polar surface area (TPSA) is 82.8 Å². The molecule has 0 saturated carbocycles. The van der Waals surface area contributed by atoms with Crippen LogP contribution in [0.1, 0.15) is 36.3 Å². The summed E-state index contributed by atoms with van der Waals surface area (Å²) >= 11 is 6.16. The molecule has 1 aliphatic carbocycles. The number of amidine groups is 1. The quantitative estimate of drug-likeness (QED) is 0.361. The normalized spacial score (nSPS) is 19.0. The highest BCUT2D eigenvalue weighted by Gasteiger charge is 2.44. The summed E-state index contributed by atoms with van der Waals surface area (Å²) in [5.74, 6) is 0.426. The molecule has 0 aromatic heterocycles. The molecule has 0 radical (unpaired) electrons. The number of aliphatic hydroxyl groups excluding tert-OH is 1. The lowest BCUT2D eigenvalue weighted by molar-refractivity contribution is -0.116. The van der Waals surface area contributed by atoms with Crippen LogP contribution in [0.15, 0.2) is 89.6 Å². The zero-order valence-corrected chi connectivity index (χ0v) is 21.4. The van der Waals surface area contributed by atoms with E-state index in [0.717, 1.165) is 5.70 Å². The average Bonchev–Trinajstić information content (AvgIpc) is 2.93. The van der Waals surface area contributed by atoms with Crippen molar-refractivity contribution < 1.29 is 19.4 Å². The molecular weight excluding hydrogens is 488 g/mol. The maximum atomic E-state index is 13.7. The Morgan fingerprint density at radius 1 is 1.00 bits per heavy atom. The Balaban J connectivity index is 1.86. The number of nitrogens with zero attached hydrogens (tertiary/aromatic N) is 1. The monoisotopic (exact) mass is 514 g/mol. The number of benzene rings is 3. The van der Waals surface area contributed by atoms with Crippen LogP contribution in [0, 0.1) is 5.41 Å². The van der Waals surface area contributed by atoms with Crippen molar-refractivity contribution in [3.63, 3.8) is 0 Å². The zero-order chi connectivity index (χ0) is 26.1. The van der Waals surface area contributed by atoms with Gasteiger partial charge in [0.15, 0.2) is 5.78 Å². The number of carbonyl (C=O) groups excluding carboxylic acids is 1. The molecule has 3 aromatic carbocycles. The van der Waals surface area contributed by atoms with E-state index in [9.17, 15) is 15.3 Å². The van der Waals surface area contributed by atoms with Gasteiger partial charge in [0.05, 0.1) is 20.1 Å². The SMILES string of the molecule is COc1ccc(OC)c(C2C(=C(O)c3ccccc3)C(=N)N(c3ccc(Cl)cc3)C3=C2C(=O)CCC3)c1. The van der Waals surface area contributed by atoms with Crippen LogP contribution in [0.3, 0.4) is 0 Å². The standard InChI is InChI=1S/C30H27ClN2O4/c1-36-21-15-16-25(37-2)22(17-21)26-27-23(9-6-10-24(27)34)33(20-13-11-19(31)12-14-20)30(32)28(26)29(35)18-7-4-3-5-8-18/h3-5,7-8,11-17,26,32,35H,6,9-10H2,1-2H3. The minimum Gasteiger partial charge on any atom is -0.507 e. The number of ketones is 1. The van der Waals surface area contributed by atoms with Crippen LogP contribution >= 0.6 is 11.6 Å². The van der Waals surface area contributed by atoms with Gasteiger partial charge in [-0.3, -0.25) is 15.1 Å². The summed E-state index contributed by atoms with van der Waals surface area (Å²) in [4.78, 5) is 15.4. The first-order valence-electron chi connectivity index (χ1n) is 12.1. The smallest absolute Gasteiger partial charge is 0.161 e. The number of allylic oxidation sites excluding steroid dienone is 2. The van der Waals surface area contributed by atoms with Crippen LogP contribution in [-0.2, 0) is 4.79 Å². The molecule has 5 rings (SSSR count). The Morgan fingerprint density at radius 3 is 2.41 bits per heavy atom. The van der Waals surface area contributed by atoms with Crippen molar-refractivity contribution in [2.45, 2.75) is 25.2 Å². The molecule has 0 amide bonds. The first-order chi connectivity index (χ1) is 17.9. The first kappa shape index (κ1) is 24.7. The second-order valence-electron chi connectivity index (χ2n) is 8.97. The van der Waals surface area contributed by atoms with Crippen molar-refractivity contribution in [3.8, 4) is 11.5 Å². The van der Waals surface area contributed by atoms with Gasteiger partial charge in [0.25, 0.3) is 0 Å². The number of carbonyl (C=O) groups is 1. The molecule has 3 aromatic rings. The molecule has 0 fully saturated rings. The molecule has 188 valence electrons. The van der Waals surface area contributed by atoms with E-state index in [4.69, 9.17) is 21.1 Å². The van der Waals surface area contributed by atoms with Crippen LogP contribution in [-0.4, -0.2) is 30.9 Å². The van der Waals surface area contributed by atoms with E-state index in [0.29, 0.717) is 63.7 Å². The molecule has 1 unspecified atom stereocenters. The maximum Gasteiger partial charge on any atom is 0.161 e. The average molecular weight is 515 g/mol. The number of rotatable bonds is 5. The fraction of sp³-hybridized carbons (Fsp3) is 0.200. The lowest BCUT2D eigenvalue weighted by atomic mass is 9.73. The predicted octanol–water partition coefficient (Wildman–Crippen LogP) is 6.91. The van der Waals surface area contributed by atoms with E-state index in [1.165, 1.54) is 0 Å². The van der Waals surface area contributed by atoms with Gasteiger partial charge < -0.3 is 14.6 Å². The second-order valence-corrected chi connectivity index (χ2v) is 9.40. The van der Waals surface area contributed by atoms with Gasteiger partial charge in [-0.15, -0.1) is 0 Å². The van der Waals surface area contributed by atoms with E-state index < -0.39 is 5.92 Å². The number of methoxy groups -OCH3 is 2. The molecule has 1 heterocycles. The van der Waals surface area contributed by atoms with Crippen LogP contribution in [0.5, 0.6) is 11.5 Å². The van der Waals surface area contributed by atoms with Gasteiger partial charge in [0.1, 0.15) is 23.1 Å². The molecule has 7 heteroatoms. The van der Waals surface area contributed by atoms with Gasteiger partial charge in [-0.05, 0) is 55.3 Å². The predicted molar refractivity (Wildman–Crippen MR) is 146 cm³/mol. The fourth-order valence-corrected chi connectivity index (χ4v) is 5.32. The third-order valence-electron chi connectivity index (χ3n) is 6.89. The van der Waals surface area contributed by atoms with Gasteiger partial charge in [0, 0.05) is 45.1 Å². The summed E-state index contributed by atoms with van der Waals surface area (Å²) in [5.41, 5.74) is 3.54. The number of hydrogen-bond donors (Lipinski definition) is 2. The molecule has 6 nitrogen and oxygen atoms in total. The Bertz CT molecular complexity index is 1430. The number of halogens is 1. The third-order valence-corrected chi connectivity index (χ3v) is 7.14. The lowest BCUT2D eigenvalue weighted by Gasteiger charge is -2.42. The van der Waals surface area contributed by atoms with Gasteiger partial charge in [0.2, 0.25) is 0 Å². The Hall–Kier alpha value is -4.03. The molecule has 2 aliphatic rings. The van der Waals surface area contributed by atoms with Crippen LogP contribution in [0.25, 0.3) is 5.76 Å². The Kier molecular flexibility index (Phi) is 6.76. The zero-order valence-electron chi connectivity index (χ0n) is 20.6. The van der Waals surface area contributed by atoms with E-state index in [1.807, 2.05) is 36.4 Å². The largest absolute Gasteiger partial charge is 0.507 e. The molecule has 1 aliphatic heterocycles. The van der Waals surface area contributed by atoms with Gasteiger partial charge in [-0.25, -0.2) is 0 Å². The summed E-state index contributed by atoms with van der Waals surface area (Å²) in [5, 5.41) is 21.7. The molecule has 0 saturated heterocycles. The number of nitrogens with one attached hydrogen (secondary N) is 1. The number of aliphatic hydroxyl groups is 1. The lowest BCUT2D eigenvalue weighted by Crippen LogP contribution is -2.42. The number of Topliss-reactive ketones (excluding diaryl/α,β-unsaturated/α-hetero) is 1. The highest BCUT2D eigenvalue weighted by atomic mass is 35.5. The number of ether oxygens (including phenoxy) is 2. The van der Waals surface area contributed by atoms with Crippen molar-refractivity contribution in [2.24, 2.45) is 0 Å². The minimum absolute atomic E-state index is 0.0130. The summed E-state index contributed by atoms with van der Waals surface area (Å²) in [6.07, 6.45) is 1.69. The highest BCUT2D eigenvalue weighted by molar-refractivity contribution is 6.30. The van der Waals surface area contributed by atoms with Gasteiger partial charge >= 0.3 is 0 Å². The van der Waals surface area contributed by atoms with Crippen LogP contribution in [0.2, 0.25) is 5.02 Å². The maximum absolute atomic E-state index is 13.7. The minimum atomic E-state index is -0.718. The van der Waals surface area contributed by atoms with Crippen molar-refractivity contribution >= 4 is 34.7 Å². The van der Waals surface area contributed by atoms with Crippen molar-refractivity contribution in [1.29, 1.82) is 5.41 Å². The molecular formula is C30H27ClN2O4. The third kappa shape index (κ3) is 4.38. The molecule has 37 heavy (non-hydrogen) atoms. The Morgan fingerprint density at radius 2 is 1.73 bits per heavy atom. The molecule has 2 N–H and O–H groups in total. The van der Waals surface area contributed by atoms with Crippen molar-refractivity contribution in [3.05, 3.63) is 106 Å². The molecule has 1 atom stereocenters. The molecule has 0 bridgehead atoms. The summed E-state index contributed by atoms with van der Waals surface area (Å²) in [6, 6.07) is 21.6. The fourth-order valence-electron chi connectivity index (χ4n) is 5.19. The number of hydrogen-bond acceptors (Lipinski definition) is 5. The van der Waals surface area contributed by atoms with Gasteiger partial charge in [-0.1, -0.05) is 41.9 Å². The Labute approximate surface area is 220 Å². The molecule has 0 spiro atoms. The summed E-state index contributed by atoms with van der Waals surface area (Å²) < 4.78 is 11.2. The first-order valence-corrected chi connectivity index (χ1v) is 12.4. The summed E-state index contributed by atoms with van der Waals surface area (Å²) in [7, 11) is 3.14. The van der Waals surface area contributed by atoms with E-state index in [-0.39, 0.29) is 17.4 Å². The van der Waals surface area contributed by atoms with Crippen molar-refractivity contribution in [1.82, 2.24) is 0 Å². The van der Waals surface area contributed by atoms with Crippen LogP contribution in [0.4, 0.5) is 5.69 Å². The van der Waals surface area contributed by atoms with Gasteiger partial charge in [-0.2, -0.15) is 0 Å². The van der Waals surface area contributed by atoms with E-state index in [1.54, 1.807) is 55.5 Å². The summed E-state index contributed by atoms with van der Waals surface area (Å²) in [6.45, 7) is 0. The van der Waals surface area contributed by atoms with E-state index in [2.05, 4.69) is 0 Å². The highest BCUT2D eigenvalue weighted by Crippen LogP contribution is 2.50. The van der Waals surface area contributed by atoms with E-state index >= 15 is 0 Å². The van der Waals surface area contributed by atoms with Crippen LogP contribution < -0.4 is 14.4 Å². The van der Waals surface area contributed by atoms with Crippen molar-refractivity contribution in [2.75, 3.05) is 19.1 Å². The number of anilines is 1.